The van der Waals surface area contributed by atoms with Gasteiger partial charge in [0.15, 0.2) is 5.78 Å². The van der Waals surface area contributed by atoms with Gasteiger partial charge in [-0.3, -0.25) is 14.7 Å². The number of nitrogens with zero attached hydrogens (tertiary/aromatic N) is 2. The molecular weight excluding hydrogens is 368 g/mol. The van der Waals surface area contributed by atoms with Crippen LogP contribution in [0.1, 0.15) is 49.1 Å². The lowest BCUT2D eigenvalue weighted by Gasteiger charge is -2.30. The minimum Gasteiger partial charge on any atom is -0.298 e. The predicted octanol–water partition coefficient (Wildman–Crippen LogP) is 5.46. The smallest absolute Gasteiger partial charge is 0.163 e. The van der Waals surface area contributed by atoms with E-state index < -0.39 is 0 Å². The Balaban J connectivity index is 1.67. The number of ketones is 1. The van der Waals surface area contributed by atoms with E-state index >= 15 is 0 Å². The summed E-state index contributed by atoms with van der Waals surface area (Å²) in [5.74, 6) is 0.233. The average Bonchev–Trinajstić information content (AvgIpc) is 2.84. The molecule has 2 aliphatic rings. The number of benzene rings is 1. The van der Waals surface area contributed by atoms with Crippen molar-refractivity contribution in [3.63, 3.8) is 0 Å². The highest BCUT2D eigenvalue weighted by Gasteiger charge is 2.26. The molecule has 1 fully saturated rings. The monoisotopic (exact) mass is 398 g/mol. The number of Topliss-reactive ketones (excluding diaryl/α,β-unsaturated/α-hetero) is 1. The highest BCUT2D eigenvalue weighted by atomic mass is 16.1. The number of allylic oxidation sites excluding steroid dienone is 5. The number of piperidine rings is 1. The fraction of sp³-hybridized carbons (Fsp3) is 0.333. The highest BCUT2D eigenvalue weighted by molar-refractivity contribution is 6.05. The van der Waals surface area contributed by atoms with Gasteiger partial charge in [0, 0.05) is 43.5 Å². The number of aryl methyl sites for hydroxylation is 1. The average molecular weight is 399 g/mol. The fourth-order valence-corrected chi connectivity index (χ4v) is 4.65. The molecule has 0 radical (unpaired) electrons. The van der Waals surface area contributed by atoms with Gasteiger partial charge in [-0.15, -0.1) is 0 Å². The molecule has 154 valence electrons. The number of aromatic nitrogens is 1. The third-order valence-electron chi connectivity index (χ3n) is 6.24. The number of fused-ring (bicyclic) bond motifs is 1. The zero-order valence-electron chi connectivity index (χ0n) is 18.2. The Morgan fingerprint density at radius 3 is 2.60 bits per heavy atom. The number of pyridine rings is 1. The lowest BCUT2D eigenvalue weighted by Crippen LogP contribution is -2.30. The van der Waals surface area contributed by atoms with E-state index in [1.165, 1.54) is 22.3 Å². The van der Waals surface area contributed by atoms with Crippen LogP contribution < -0.4 is 0 Å². The molecule has 3 nitrogen and oxygen atoms in total. The predicted molar refractivity (Wildman–Crippen MR) is 123 cm³/mol. The molecule has 0 spiro atoms. The van der Waals surface area contributed by atoms with Crippen LogP contribution in [0.2, 0.25) is 0 Å². The molecule has 1 aromatic heterocycles. The number of carbonyl (C=O) groups is 1. The summed E-state index contributed by atoms with van der Waals surface area (Å²) >= 11 is 0. The van der Waals surface area contributed by atoms with E-state index in [1.807, 2.05) is 33.0 Å². The first-order chi connectivity index (χ1) is 14.6. The van der Waals surface area contributed by atoms with E-state index in [2.05, 4.69) is 52.4 Å². The molecule has 0 saturated carbocycles. The van der Waals surface area contributed by atoms with E-state index in [0.29, 0.717) is 6.42 Å². The van der Waals surface area contributed by atoms with Crippen LogP contribution in [0.5, 0.6) is 0 Å². The van der Waals surface area contributed by atoms with Crippen LogP contribution in [-0.4, -0.2) is 28.8 Å². The van der Waals surface area contributed by atoms with Gasteiger partial charge in [-0.1, -0.05) is 42.0 Å². The highest BCUT2D eigenvalue weighted by Crippen LogP contribution is 2.39. The quantitative estimate of drug-likeness (QED) is 0.688. The number of rotatable bonds is 3. The molecule has 1 aliphatic heterocycles. The standard InChI is InChI=1S/C27H30N2O/c1-4-7-24-20(3)26(30)17-23-8-5-6-9-25(23)27(24)22-11-14-29(15-12-22)18-21-10-13-28-19(2)16-21/h4-10,13,16H,11-12,14-15,17-18H2,1-3H3/b7-4-. The molecule has 1 aromatic carbocycles. The van der Waals surface area contributed by atoms with Gasteiger partial charge >= 0.3 is 0 Å². The maximum Gasteiger partial charge on any atom is 0.163 e. The summed E-state index contributed by atoms with van der Waals surface area (Å²) in [6.45, 7) is 9.12. The topological polar surface area (TPSA) is 33.2 Å². The molecule has 0 N–H and O–H groups in total. The van der Waals surface area contributed by atoms with Crippen molar-refractivity contribution in [3.8, 4) is 0 Å². The lowest BCUT2D eigenvalue weighted by molar-refractivity contribution is -0.114. The minimum absolute atomic E-state index is 0.233. The van der Waals surface area contributed by atoms with Crippen molar-refractivity contribution in [1.29, 1.82) is 0 Å². The van der Waals surface area contributed by atoms with E-state index in [4.69, 9.17) is 0 Å². The zero-order chi connectivity index (χ0) is 21.1. The Morgan fingerprint density at radius 1 is 1.10 bits per heavy atom. The van der Waals surface area contributed by atoms with Crippen LogP contribution in [0.4, 0.5) is 0 Å². The normalized spacial score (nSPS) is 18.2. The van der Waals surface area contributed by atoms with Crippen LogP contribution >= 0.6 is 0 Å². The fourth-order valence-electron chi connectivity index (χ4n) is 4.65. The van der Waals surface area contributed by atoms with E-state index in [9.17, 15) is 4.79 Å². The molecule has 0 unspecified atom stereocenters. The van der Waals surface area contributed by atoms with Crippen molar-refractivity contribution in [2.45, 2.75) is 46.6 Å². The lowest BCUT2D eigenvalue weighted by atomic mass is 9.85. The Labute approximate surface area is 179 Å². The largest absolute Gasteiger partial charge is 0.298 e. The van der Waals surface area contributed by atoms with Gasteiger partial charge < -0.3 is 0 Å². The first-order valence-electron chi connectivity index (χ1n) is 10.9. The number of hydrogen-bond donors (Lipinski definition) is 0. The van der Waals surface area contributed by atoms with Gasteiger partial charge in [-0.2, -0.15) is 0 Å². The molecule has 2 heterocycles. The van der Waals surface area contributed by atoms with Gasteiger partial charge in [0.05, 0.1) is 0 Å². The third-order valence-corrected chi connectivity index (χ3v) is 6.24. The first kappa shape index (κ1) is 20.5. The summed E-state index contributed by atoms with van der Waals surface area (Å²) in [4.78, 5) is 19.7. The van der Waals surface area contributed by atoms with Gasteiger partial charge in [0.2, 0.25) is 0 Å². The summed E-state index contributed by atoms with van der Waals surface area (Å²) in [6.07, 6.45) is 8.66. The van der Waals surface area contributed by atoms with Crippen molar-refractivity contribution >= 4 is 11.4 Å². The second kappa shape index (κ2) is 8.93. The summed E-state index contributed by atoms with van der Waals surface area (Å²) < 4.78 is 0. The van der Waals surface area contributed by atoms with E-state index in [0.717, 1.165) is 54.9 Å². The SMILES string of the molecule is C/C=C\C1=C(C)C(=O)Cc2ccccc2C1=C1CCN(Cc2ccnc(C)c2)CC1. The maximum absolute atomic E-state index is 12.8. The van der Waals surface area contributed by atoms with Gasteiger partial charge in [-0.25, -0.2) is 0 Å². The molecule has 0 amide bonds. The number of carbonyl (C=O) groups excluding carboxylic acids is 1. The second-order valence-electron chi connectivity index (χ2n) is 8.36. The Kier molecular flexibility index (Phi) is 6.10. The van der Waals surface area contributed by atoms with Crippen molar-refractivity contribution < 1.29 is 4.79 Å². The molecule has 30 heavy (non-hydrogen) atoms. The van der Waals surface area contributed by atoms with Crippen molar-refractivity contribution in [3.05, 3.63) is 93.9 Å². The van der Waals surface area contributed by atoms with E-state index in [-0.39, 0.29) is 5.78 Å². The van der Waals surface area contributed by atoms with Crippen LogP contribution in [-0.2, 0) is 17.8 Å². The number of likely N-dealkylation sites (tertiary alicyclic amines) is 1. The summed E-state index contributed by atoms with van der Waals surface area (Å²) in [6, 6.07) is 12.7. The second-order valence-corrected chi connectivity index (χ2v) is 8.36. The van der Waals surface area contributed by atoms with E-state index in [1.54, 1.807) is 0 Å². The molecule has 1 aliphatic carbocycles. The zero-order valence-corrected chi connectivity index (χ0v) is 18.2. The first-order valence-corrected chi connectivity index (χ1v) is 10.9. The molecule has 4 rings (SSSR count). The maximum atomic E-state index is 12.8. The Bertz CT molecular complexity index is 1050. The molecule has 0 atom stereocenters. The Hall–Kier alpha value is -2.78. The summed E-state index contributed by atoms with van der Waals surface area (Å²) in [5, 5.41) is 0. The van der Waals surface area contributed by atoms with Crippen LogP contribution in [0, 0.1) is 6.92 Å². The van der Waals surface area contributed by atoms with Crippen LogP contribution in [0.3, 0.4) is 0 Å². The molecule has 3 heteroatoms. The van der Waals surface area contributed by atoms with Crippen molar-refractivity contribution in [1.82, 2.24) is 9.88 Å². The number of hydrogen-bond acceptors (Lipinski definition) is 3. The molecule has 0 bridgehead atoms. The Morgan fingerprint density at radius 2 is 1.87 bits per heavy atom. The van der Waals surface area contributed by atoms with Gasteiger partial charge in [-0.05, 0) is 73.6 Å². The van der Waals surface area contributed by atoms with Crippen LogP contribution in [0.25, 0.3) is 5.57 Å². The third kappa shape index (κ3) is 4.22. The molecular formula is C27H30N2O. The molecule has 1 saturated heterocycles. The van der Waals surface area contributed by atoms with Gasteiger partial charge in [0.25, 0.3) is 0 Å². The van der Waals surface area contributed by atoms with Crippen molar-refractivity contribution in [2.24, 2.45) is 0 Å². The summed E-state index contributed by atoms with van der Waals surface area (Å²) in [5.41, 5.74) is 9.57. The minimum atomic E-state index is 0.233. The van der Waals surface area contributed by atoms with Gasteiger partial charge in [0.1, 0.15) is 0 Å². The van der Waals surface area contributed by atoms with Crippen molar-refractivity contribution in [2.75, 3.05) is 13.1 Å². The van der Waals surface area contributed by atoms with Crippen LogP contribution in [0.15, 0.2) is 71.5 Å². The summed E-state index contributed by atoms with van der Waals surface area (Å²) in [7, 11) is 0. The molecule has 2 aromatic rings.